The number of ether oxygens (including phenoxy) is 1. The van der Waals surface area contributed by atoms with Gasteiger partial charge in [-0.2, -0.15) is 0 Å². The number of rotatable bonds is 5. The molecule has 0 aromatic heterocycles. The third kappa shape index (κ3) is 4.37. The van der Waals surface area contributed by atoms with E-state index in [1.165, 1.54) is 0 Å². The Kier molecular flexibility index (Phi) is 6.24. The monoisotopic (exact) mass is 373 g/mol. The van der Waals surface area contributed by atoms with Crippen molar-refractivity contribution in [3.8, 4) is 5.75 Å². The Labute approximate surface area is 162 Å². The molecule has 27 heavy (non-hydrogen) atoms. The van der Waals surface area contributed by atoms with E-state index in [0.29, 0.717) is 39.1 Å². The molecule has 0 N–H and O–H groups in total. The summed E-state index contributed by atoms with van der Waals surface area (Å²) in [4.78, 5) is 31.1. The molecule has 0 aliphatic carbocycles. The van der Waals surface area contributed by atoms with E-state index in [1.54, 1.807) is 0 Å². The normalized spacial score (nSPS) is 21.0. The molecule has 2 amide bonds. The summed E-state index contributed by atoms with van der Waals surface area (Å²) >= 11 is 0. The van der Waals surface area contributed by atoms with Gasteiger partial charge in [-0.15, -0.1) is 0 Å². The van der Waals surface area contributed by atoms with Crippen molar-refractivity contribution >= 4 is 17.5 Å². The molecule has 1 unspecified atom stereocenters. The van der Waals surface area contributed by atoms with Crippen LogP contribution in [0.3, 0.4) is 0 Å². The van der Waals surface area contributed by atoms with Crippen molar-refractivity contribution in [1.82, 2.24) is 9.80 Å². The molecule has 3 rings (SSSR count). The summed E-state index contributed by atoms with van der Waals surface area (Å²) in [7, 11) is 0. The fraction of sp³-hybridized carbons (Fsp3) is 0.619. The molecule has 0 bridgehead atoms. The van der Waals surface area contributed by atoms with E-state index < -0.39 is 0 Å². The van der Waals surface area contributed by atoms with Crippen molar-refractivity contribution in [2.75, 3.05) is 44.2 Å². The molecular formula is C21H31N3O3. The highest BCUT2D eigenvalue weighted by Crippen LogP contribution is 2.29. The molecule has 1 atom stereocenters. The summed E-state index contributed by atoms with van der Waals surface area (Å²) < 4.78 is 5.74. The van der Waals surface area contributed by atoms with Crippen molar-refractivity contribution in [3.05, 3.63) is 24.3 Å². The Morgan fingerprint density at radius 3 is 2.56 bits per heavy atom. The van der Waals surface area contributed by atoms with Crippen LogP contribution in [0.1, 0.15) is 33.6 Å². The summed E-state index contributed by atoms with van der Waals surface area (Å²) in [6.45, 7) is 10.2. The minimum atomic E-state index is -0.0626. The molecule has 6 nitrogen and oxygen atoms in total. The smallest absolute Gasteiger partial charge is 0.227 e. The zero-order chi connectivity index (χ0) is 19.4. The van der Waals surface area contributed by atoms with Gasteiger partial charge < -0.3 is 19.4 Å². The molecule has 2 aliphatic heterocycles. The summed E-state index contributed by atoms with van der Waals surface area (Å²) in [5.74, 6) is 1.21. The van der Waals surface area contributed by atoms with Crippen LogP contribution in [0.25, 0.3) is 0 Å². The number of carbonyl (C=O) groups excluding carboxylic acids is 2. The summed E-state index contributed by atoms with van der Waals surface area (Å²) in [6.07, 6.45) is 1.16. The number of carbonyl (C=O) groups is 2. The van der Waals surface area contributed by atoms with Gasteiger partial charge in [-0.25, -0.2) is 0 Å². The highest BCUT2D eigenvalue weighted by molar-refractivity contribution is 5.84. The lowest BCUT2D eigenvalue weighted by Crippen LogP contribution is -2.54. The molecule has 0 spiro atoms. The van der Waals surface area contributed by atoms with Gasteiger partial charge in [0.15, 0.2) is 0 Å². The number of nitrogens with zero attached hydrogens (tertiary/aromatic N) is 3. The molecular weight excluding hydrogens is 342 g/mol. The number of piperazine rings is 1. The molecule has 1 aromatic rings. The quantitative estimate of drug-likeness (QED) is 0.795. The van der Waals surface area contributed by atoms with Crippen LogP contribution in [0.5, 0.6) is 5.75 Å². The van der Waals surface area contributed by atoms with E-state index in [0.717, 1.165) is 24.5 Å². The number of anilines is 1. The molecule has 6 heteroatoms. The number of likely N-dealkylation sites (tertiary alicyclic amines) is 1. The van der Waals surface area contributed by atoms with Gasteiger partial charge in [0.1, 0.15) is 5.75 Å². The highest BCUT2D eigenvalue weighted by atomic mass is 16.5. The third-order valence-corrected chi connectivity index (χ3v) is 5.51. The van der Waals surface area contributed by atoms with Gasteiger partial charge in [0.05, 0.1) is 18.2 Å². The van der Waals surface area contributed by atoms with Crippen molar-refractivity contribution in [1.29, 1.82) is 0 Å². The second kappa shape index (κ2) is 8.63. The van der Waals surface area contributed by atoms with Crippen molar-refractivity contribution < 1.29 is 14.3 Å². The minimum Gasteiger partial charge on any atom is -0.492 e. The Bertz CT molecular complexity index is 668. The van der Waals surface area contributed by atoms with E-state index in [1.807, 2.05) is 48.8 Å². The average Bonchev–Trinajstić information content (AvgIpc) is 2.68. The number of hydrogen-bond donors (Lipinski definition) is 0. The van der Waals surface area contributed by atoms with Crippen LogP contribution in [0, 0.1) is 5.92 Å². The molecule has 2 saturated heterocycles. The molecule has 2 aliphatic rings. The maximum absolute atomic E-state index is 13.0. The van der Waals surface area contributed by atoms with Crippen LogP contribution < -0.4 is 9.64 Å². The van der Waals surface area contributed by atoms with Crippen molar-refractivity contribution in [3.63, 3.8) is 0 Å². The van der Waals surface area contributed by atoms with Crippen LogP contribution in [0.4, 0.5) is 5.69 Å². The van der Waals surface area contributed by atoms with E-state index in [9.17, 15) is 9.59 Å². The predicted octanol–water partition coefficient (Wildman–Crippen LogP) is 2.38. The summed E-state index contributed by atoms with van der Waals surface area (Å²) in [6, 6.07) is 8.24. The number of piperidine rings is 1. The maximum atomic E-state index is 13.0. The van der Waals surface area contributed by atoms with Gasteiger partial charge >= 0.3 is 0 Å². The van der Waals surface area contributed by atoms with Gasteiger partial charge in [0.25, 0.3) is 0 Å². The Morgan fingerprint density at radius 1 is 1.19 bits per heavy atom. The molecule has 148 valence electrons. The zero-order valence-corrected chi connectivity index (χ0v) is 16.7. The second-order valence-electron chi connectivity index (χ2n) is 7.59. The van der Waals surface area contributed by atoms with Gasteiger partial charge in [-0.05, 0) is 39.3 Å². The highest BCUT2D eigenvalue weighted by Gasteiger charge is 2.34. The number of amides is 2. The number of hydrogen-bond acceptors (Lipinski definition) is 4. The van der Waals surface area contributed by atoms with Crippen LogP contribution in [0.15, 0.2) is 24.3 Å². The lowest BCUT2D eigenvalue weighted by Gasteiger charge is -2.40. The zero-order valence-electron chi connectivity index (χ0n) is 16.7. The minimum absolute atomic E-state index is 0.0626. The molecule has 2 heterocycles. The predicted molar refractivity (Wildman–Crippen MR) is 106 cm³/mol. The van der Waals surface area contributed by atoms with Gasteiger partial charge in [-0.3, -0.25) is 9.59 Å². The fourth-order valence-corrected chi connectivity index (χ4v) is 3.99. The van der Waals surface area contributed by atoms with Crippen molar-refractivity contribution in [2.45, 2.75) is 39.7 Å². The molecule has 1 aromatic carbocycles. The third-order valence-electron chi connectivity index (χ3n) is 5.51. The molecule has 0 saturated carbocycles. The first-order valence-electron chi connectivity index (χ1n) is 10.1. The first-order chi connectivity index (χ1) is 13.0. The first kappa shape index (κ1) is 19.5. The number of benzene rings is 1. The van der Waals surface area contributed by atoms with E-state index >= 15 is 0 Å². The van der Waals surface area contributed by atoms with Crippen molar-refractivity contribution in [2.24, 2.45) is 5.92 Å². The topological polar surface area (TPSA) is 53.1 Å². The van der Waals surface area contributed by atoms with Crippen LogP contribution >= 0.6 is 0 Å². The van der Waals surface area contributed by atoms with Gasteiger partial charge in [0.2, 0.25) is 11.8 Å². The van der Waals surface area contributed by atoms with Gasteiger partial charge in [-0.1, -0.05) is 12.1 Å². The Hall–Kier alpha value is -2.24. The van der Waals surface area contributed by atoms with Crippen LogP contribution in [-0.4, -0.2) is 67.0 Å². The number of para-hydroxylation sites is 2. The van der Waals surface area contributed by atoms with Gasteiger partial charge in [0, 0.05) is 45.2 Å². The summed E-state index contributed by atoms with van der Waals surface area (Å²) in [5.41, 5.74) is 1.10. The largest absolute Gasteiger partial charge is 0.492 e. The average molecular weight is 373 g/mol. The molecule has 0 radical (unpaired) electrons. The Balaban J connectivity index is 1.59. The standard InChI is InChI=1S/C21H31N3O3/c1-4-27-19-8-6-5-7-18(19)22-11-13-23(14-12-22)21(26)17-9-10-20(25)24(15-17)16(2)3/h5-8,16-17H,4,9-15H2,1-3H3. The maximum Gasteiger partial charge on any atom is 0.227 e. The van der Waals surface area contributed by atoms with E-state index in [4.69, 9.17) is 4.74 Å². The summed E-state index contributed by atoms with van der Waals surface area (Å²) in [5, 5.41) is 0. The first-order valence-corrected chi connectivity index (χ1v) is 10.1. The van der Waals surface area contributed by atoms with Crippen LogP contribution in [0.2, 0.25) is 0 Å². The van der Waals surface area contributed by atoms with Crippen LogP contribution in [-0.2, 0) is 9.59 Å². The SMILES string of the molecule is CCOc1ccccc1N1CCN(C(=O)C2CCC(=O)N(C(C)C)C2)CC1. The molecule has 2 fully saturated rings. The lowest BCUT2D eigenvalue weighted by molar-refractivity contribution is -0.144. The second-order valence-corrected chi connectivity index (χ2v) is 7.59. The lowest BCUT2D eigenvalue weighted by atomic mass is 9.94. The van der Waals surface area contributed by atoms with E-state index in [-0.39, 0.29) is 23.8 Å². The Morgan fingerprint density at radius 2 is 1.89 bits per heavy atom. The fourth-order valence-electron chi connectivity index (χ4n) is 3.99. The van der Waals surface area contributed by atoms with E-state index in [2.05, 4.69) is 11.0 Å².